The molecule has 0 radical (unpaired) electrons. The molecular formula is C32H42O4. The van der Waals surface area contributed by atoms with Gasteiger partial charge in [0.15, 0.2) is 0 Å². The van der Waals surface area contributed by atoms with Gasteiger partial charge < -0.3 is 0 Å². The smallest absolute Gasteiger partial charge is 0.228 e. The van der Waals surface area contributed by atoms with E-state index in [1.165, 1.54) is 0 Å². The van der Waals surface area contributed by atoms with Crippen molar-refractivity contribution in [2.75, 3.05) is 0 Å². The zero-order valence-electron chi connectivity index (χ0n) is 22.9. The van der Waals surface area contributed by atoms with Crippen molar-refractivity contribution in [2.24, 2.45) is 0 Å². The summed E-state index contributed by atoms with van der Waals surface area (Å²) < 4.78 is 0. The van der Waals surface area contributed by atoms with Gasteiger partial charge in [0.2, 0.25) is 23.1 Å². The van der Waals surface area contributed by atoms with Crippen molar-refractivity contribution < 1.29 is 19.2 Å². The third kappa shape index (κ3) is 8.96. The molecule has 0 aliphatic heterocycles. The number of unbranched alkanes of at least 4 members (excludes halogenated alkanes) is 5. The fourth-order valence-electron chi connectivity index (χ4n) is 4.07. The molecule has 0 amide bonds. The van der Waals surface area contributed by atoms with Gasteiger partial charge in [-0.2, -0.15) is 0 Å². The average Bonchev–Trinajstić information content (AvgIpc) is 2.83. The summed E-state index contributed by atoms with van der Waals surface area (Å²) in [6.45, 7) is 12.7. The van der Waals surface area contributed by atoms with Crippen LogP contribution in [-0.2, 0) is 20.4 Å². The fraction of sp³-hybridized carbons (Fsp3) is 0.500. The normalized spacial score (nSPS) is 11.8. The van der Waals surface area contributed by atoms with Crippen LogP contribution in [0.1, 0.15) is 125 Å². The number of Topliss-reactive ketones (excluding diaryl/α,β-unsaturated/α-hetero) is 4. The van der Waals surface area contributed by atoms with Crippen LogP contribution in [0.15, 0.2) is 48.5 Å². The van der Waals surface area contributed by atoms with E-state index in [9.17, 15) is 19.2 Å². The molecule has 0 fully saturated rings. The van der Waals surface area contributed by atoms with Crippen molar-refractivity contribution >= 4 is 23.1 Å². The van der Waals surface area contributed by atoms with Crippen LogP contribution in [0.3, 0.4) is 0 Å². The zero-order valence-corrected chi connectivity index (χ0v) is 22.9. The molecule has 194 valence electrons. The highest BCUT2D eigenvalue weighted by Crippen LogP contribution is 2.23. The molecule has 0 N–H and O–H groups in total. The maximum Gasteiger partial charge on any atom is 0.228 e. The van der Waals surface area contributed by atoms with E-state index in [4.69, 9.17) is 0 Å². The van der Waals surface area contributed by atoms with Gasteiger partial charge in [-0.25, -0.2) is 0 Å². The molecule has 0 atom stereocenters. The quantitative estimate of drug-likeness (QED) is 0.165. The Labute approximate surface area is 216 Å². The second kappa shape index (κ2) is 12.9. The average molecular weight is 491 g/mol. The molecule has 0 unspecified atom stereocenters. The minimum Gasteiger partial charge on any atom is -0.290 e. The van der Waals surface area contributed by atoms with Gasteiger partial charge in [-0.3, -0.25) is 19.2 Å². The van der Waals surface area contributed by atoms with Crippen LogP contribution in [0.2, 0.25) is 0 Å². The Morgan fingerprint density at radius 3 is 1.03 bits per heavy atom. The molecule has 0 heterocycles. The van der Waals surface area contributed by atoms with Crippen molar-refractivity contribution in [3.63, 3.8) is 0 Å². The van der Waals surface area contributed by atoms with Crippen LogP contribution in [0.25, 0.3) is 0 Å². The van der Waals surface area contributed by atoms with Gasteiger partial charge in [0.1, 0.15) is 0 Å². The summed E-state index contributed by atoms with van der Waals surface area (Å²) in [4.78, 5) is 49.3. The number of carbonyl (C=O) groups is 4. The summed E-state index contributed by atoms with van der Waals surface area (Å²) in [6, 6.07) is 14.6. The molecule has 2 aromatic carbocycles. The van der Waals surface area contributed by atoms with Crippen molar-refractivity contribution in [3.05, 3.63) is 70.8 Å². The number of rotatable bonds is 13. The zero-order chi connectivity index (χ0) is 26.9. The van der Waals surface area contributed by atoms with E-state index in [-0.39, 0.29) is 35.2 Å². The fourth-order valence-corrected chi connectivity index (χ4v) is 4.07. The number of carbonyl (C=O) groups excluding carboxylic acids is 4. The van der Waals surface area contributed by atoms with Gasteiger partial charge in [0, 0.05) is 24.0 Å². The Balaban J connectivity index is 1.61. The summed E-state index contributed by atoms with van der Waals surface area (Å²) in [5, 5.41) is 0. The summed E-state index contributed by atoms with van der Waals surface area (Å²) in [6.07, 6.45) is 5.53. The van der Waals surface area contributed by atoms with Gasteiger partial charge in [-0.05, 0) is 34.8 Å². The van der Waals surface area contributed by atoms with Crippen LogP contribution in [-0.4, -0.2) is 23.1 Å². The SMILES string of the molecule is CC(C)(C)c1ccc(C(=O)C(=O)CCCCCCCCC(=O)C(=O)c2ccc(C(C)(C)C)cc2)cc1. The monoisotopic (exact) mass is 490 g/mol. The van der Waals surface area contributed by atoms with Gasteiger partial charge in [-0.15, -0.1) is 0 Å². The topological polar surface area (TPSA) is 68.3 Å². The lowest BCUT2D eigenvalue weighted by Crippen LogP contribution is -2.15. The maximum absolute atomic E-state index is 12.4. The van der Waals surface area contributed by atoms with Crippen molar-refractivity contribution in [2.45, 2.75) is 104 Å². The molecule has 0 aliphatic rings. The third-order valence-electron chi connectivity index (χ3n) is 6.59. The molecule has 0 saturated carbocycles. The Morgan fingerprint density at radius 1 is 0.472 bits per heavy atom. The van der Waals surface area contributed by atoms with Crippen LogP contribution >= 0.6 is 0 Å². The summed E-state index contributed by atoms with van der Waals surface area (Å²) >= 11 is 0. The van der Waals surface area contributed by atoms with Crippen LogP contribution < -0.4 is 0 Å². The molecule has 2 rings (SSSR count). The molecule has 4 nitrogen and oxygen atoms in total. The van der Waals surface area contributed by atoms with Gasteiger partial charge >= 0.3 is 0 Å². The van der Waals surface area contributed by atoms with Crippen LogP contribution in [0.5, 0.6) is 0 Å². The van der Waals surface area contributed by atoms with E-state index in [1.807, 2.05) is 24.3 Å². The first kappa shape index (κ1) is 29.4. The highest BCUT2D eigenvalue weighted by molar-refractivity contribution is 6.44. The van der Waals surface area contributed by atoms with Gasteiger partial charge in [0.25, 0.3) is 0 Å². The van der Waals surface area contributed by atoms with E-state index >= 15 is 0 Å². The van der Waals surface area contributed by atoms with E-state index in [2.05, 4.69) is 41.5 Å². The number of ketones is 4. The molecule has 0 aromatic heterocycles. The van der Waals surface area contributed by atoms with E-state index in [1.54, 1.807) is 24.3 Å². The molecular weight excluding hydrogens is 448 g/mol. The Morgan fingerprint density at radius 2 is 0.750 bits per heavy atom. The minimum atomic E-state index is -0.410. The molecule has 4 heteroatoms. The van der Waals surface area contributed by atoms with E-state index in [0.29, 0.717) is 24.0 Å². The molecule has 36 heavy (non-hydrogen) atoms. The standard InChI is InChI=1S/C32H42O4/c1-31(2,3)25-19-15-23(16-20-25)29(35)27(33)13-11-9-7-8-10-12-14-28(34)30(36)24-17-21-26(22-18-24)32(4,5)6/h15-22H,7-14H2,1-6H3. The van der Waals surface area contributed by atoms with Crippen molar-refractivity contribution in [3.8, 4) is 0 Å². The Hall–Kier alpha value is -2.88. The first-order valence-electron chi connectivity index (χ1n) is 13.2. The molecule has 0 aliphatic carbocycles. The maximum atomic E-state index is 12.4. The lowest BCUT2D eigenvalue weighted by molar-refractivity contribution is -0.115. The second-order valence-electron chi connectivity index (χ2n) is 11.8. The van der Waals surface area contributed by atoms with Crippen LogP contribution in [0.4, 0.5) is 0 Å². The number of hydrogen-bond acceptors (Lipinski definition) is 4. The highest BCUT2D eigenvalue weighted by atomic mass is 16.2. The Bertz CT molecular complexity index is 958. The van der Waals surface area contributed by atoms with Crippen molar-refractivity contribution in [1.82, 2.24) is 0 Å². The Kier molecular flexibility index (Phi) is 10.5. The first-order chi connectivity index (χ1) is 16.8. The van der Waals surface area contributed by atoms with E-state index in [0.717, 1.165) is 36.8 Å². The largest absolute Gasteiger partial charge is 0.290 e. The summed E-state index contributed by atoms with van der Waals surface area (Å²) in [7, 11) is 0. The predicted octanol–water partition coefficient (Wildman–Crippen LogP) is 7.61. The first-order valence-corrected chi connectivity index (χ1v) is 13.2. The van der Waals surface area contributed by atoms with E-state index < -0.39 is 11.6 Å². The lowest BCUT2D eigenvalue weighted by Gasteiger charge is -2.18. The third-order valence-corrected chi connectivity index (χ3v) is 6.59. The summed E-state index contributed by atoms with van der Waals surface area (Å²) in [5.41, 5.74) is 3.19. The van der Waals surface area contributed by atoms with Crippen LogP contribution in [0, 0.1) is 0 Å². The number of hydrogen-bond donors (Lipinski definition) is 0. The van der Waals surface area contributed by atoms with Crippen molar-refractivity contribution in [1.29, 1.82) is 0 Å². The lowest BCUT2D eigenvalue weighted by atomic mass is 9.86. The molecule has 2 aromatic rings. The molecule has 0 bridgehead atoms. The summed E-state index contributed by atoms with van der Waals surface area (Å²) in [5.74, 6) is -1.49. The predicted molar refractivity (Wildman–Crippen MR) is 146 cm³/mol. The number of benzene rings is 2. The minimum absolute atomic E-state index is 0.00672. The highest BCUT2D eigenvalue weighted by Gasteiger charge is 2.19. The molecule has 0 saturated heterocycles. The molecule has 0 spiro atoms. The second-order valence-corrected chi connectivity index (χ2v) is 11.8. The van der Waals surface area contributed by atoms with Gasteiger partial charge in [0.05, 0.1) is 0 Å². The van der Waals surface area contributed by atoms with Gasteiger partial charge in [-0.1, -0.05) is 116 Å².